The van der Waals surface area contributed by atoms with Gasteiger partial charge in [0.15, 0.2) is 5.82 Å². The largest absolute Gasteiger partial charge is 0.478 e. The molecule has 0 spiro atoms. The molecule has 1 aliphatic rings. The highest BCUT2D eigenvalue weighted by molar-refractivity contribution is 6.05. The lowest BCUT2D eigenvalue weighted by atomic mass is 10.1. The van der Waals surface area contributed by atoms with Crippen LogP contribution in [0.2, 0.25) is 0 Å². The summed E-state index contributed by atoms with van der Waals surface area (Å²) in [4.78, 5) is 39.3. The lowest BCUT2D eigenvalue weighted by Gasteiger charge is -2.33. The van der Waals surface area contributed by atoms with Gasteiger partial charge in [-0.15, -0.1) is 0 Å². The van der Waals surface area contributed by atoms with Crippen molar-refractivity contribution in [1.29, 1.82) is 0 Å². The summed E-state index contributed by atoms with van der Waals surface area (Å²) in [5.74, 6) is -2.03. The topological polar surface area (TPSA) is 126 Å². The SMILES string of the molecule is CC1C(=O)NC(=O)CN1c1nccc(C(=O)O)c1N. The number of nitrogens with zero attached hydrogens (tertiary/aromatic N) is 2. The van der Waals surface area contributed by atoms with Crippen LogP contribution in [0.3, 0.4) is 0 Å². The van der Waals surface area contributed by atoms with Gasteiger partial charge in [-0.2, -0.15) is 0 Å². The third kappa shape index (κ3) is 2.19. The van der Waals surface area contributed by atoms with Gasteiger partial charge in [-0.25, -0.2) is 9.78 Å². The van der Waals surface area contributed by atoms with E-state index < -0.39 is 23.8 Å². The number of nitrogens with one attached hydrogen (secondary N) is 1. The molecule has 4 N–H and O–H groups in total. The van der Waals surface area contributed by atoms with Crippen LogP contribution in [0.25, 0.3) is 0 Å². The Labute approximate surface area is 108 Å². The highest BCUT2D eigenvalue weighted by Gasteiger charge is 2.32. The molecule has 0 aliphatic carbocycles. The van der Waals surface area contributed by atoms with Crippen LogP contribution in [0, 0.1) is 0 Å². The van der Waals surface area contributed by atoms with E-state index in [9.17, 15) is 14.4 Å². The zero-order valence-electron chi connectivity index (χ0n) is 10.1. The van der Waals surface area contributed by atoms with Gasteiger partial charge < -0.3 is 15.7 Å². The molecule has 2 heterocycles. The minimum atomic E-state index is -1.19. The summed E-state index contributed by atoms with van der Waals surface area (Å²) in [6.07, 6.45) is 1.28. The predicted octanol–water partition coefficient (Wildman–Crippen LogP) is -0.787. The minimum Gasteiger partial charge on any atom is -0.478 e. The Morgan fingerprint density at radius 2 is 2.26 bits per heavy atom. The average molecular weight is 264 g/mol. The van der Waals surface area contributed by atoms with Gasteiger partial charge in [-0.3, -0.25) is 14.9 Å². The molecule has 1 aromatic rings. The monoisotopic (exact) mass is 264 g/mol. The number of carboxylic acids is 1. The molecule has 1 fully saturated rings. The Bertz CT molecular complexity index is 572. The number of nitrogens with two attached hydrogens (primary N) is 1. The molecule has 0 saturated carbocycles. The second-order valence-corrected chi connectivity index (χ2v) is 4.12. The standard InChI is InChI=1S/C11H12N4O4/c1-5-10(17)14-7(16)4-15(5)9-8(12)6(11(18)19)2-3-13-9/h2-3,5H,4,12H2,1H3,(H,18,19)(H,14,16,17). The smallest absolute Gasteiger partial charge is 0.337 e. The minimum absolute atomic E-state index is 0.0654. The van der Waals surface area contributed by atoms with Crippen LogP contribution in [0.1, 0.15) is 17.3 Å². The number of pyridine rings is 1. The summed E-state index contributed by atoms with van der Waals surface area (Å²) in [5.41, 5.74) is 5.56. The second kappa shape index (κ2) is 4.56. The first-order valence-electron chi connectivity index (χ1n) is 5.50. The maximum absolute atomic E-state index is 11.6. The van der Waals surface area contributed by atoms with Crippen molar-refractivity contribution in [2.45, 2.75) is 13.0 Å². The van der Waals surface area contributed by atoms with E-state index in [1.54, 1.807) is 6.92 Å². The van der Waals surface area contributed by atoms with E-state index >= 15 is 0 Å². The zero-order chi connectivity index (χ0) is 14.2. The predicted molar refractivity (Wildman–Crippen MR) is 65.6 cm³/mol. The quantitative estimate of drug-likeness (QED) is 0.598. The summed E-state index contributed by atoms with van der Waals surface area (Å²) in [6.45, 7) is 1.48. The van der Waals surface area contributed by atoms with E-state index in [0.717, 1.165) is 0 Å². The van der Waals surface area contributed by atoms with E-state index in [0.29, 0.717) is 0 Å². The Kier molecular flexibility index (Phi) is 3.07. The number of imide groups is 1. The molecule has 19 heavy (non-hydrogen) atoms. The summed E-state index contributed by atoms with van der Waals surface area (Å²) < 4.78 is 0. The van der Waals surface area contributed by atoms with E-state index in [1.165, 1.54) is 17.2 Å². The third-order valence-electron chi connectivity index (χ3n) is 2.90. The number of carbonyl (C=O) groups is 3. The summed E-state index contributed by atoms with van der Waals surface area (Å²) in [7, 11) is 0. The molecule has 2 rings (SSSR count). The Hall–Kier alpha value is -2.64. The Balaban J connectivity index is 2.46. The van der Waals surface area contributed by atoms with Crippen molar-refractivity contribution in [3.8, 4) is 0 Å². The first-order valence-corrected chi connectivity index (χ1v) is 5.50. The van der Waals surface area contributed by atoms with Crippen LogP contribution < -0.4 is 16.0 Å². The van der Waals surface area contributed by atoms with Gasteiger partial charge in [-0.1, -0.05) is 0 Å². The normalized spacial score (nSPS) is 19.2. The fourth-order valence-electron chi connectivity index (χ4n) is 1.85. The highest BCUT2D eigenvalue weighted by atomic mass is 16.4. The third-order valence-corrected chi connectivity index (χ3v) is 2.90. The summed E-state index contributed by atoms with van der Waals surface area (Å²) >= 11 is 0. The number of rotatable bonds is 2. The van der Waals surface area contributed by atoms with Gasteiger partial charge in [0.05, 0.1) is 17.8 Å². The lowest BCUT2D eigenvalue weighted by Crippen LogP contribution is -2.57. The first kappa shape index (κ1) is 12.8. The second-order valence-electron chi connectivity index (χ2n) is 4.12. The number of hydrogen-bond donors (Lipinski definition) is 3. The summed E-state index contributed by atoms with van der Waals surface area (Å²) in [6, 6.07) is 0.606. The van der Waals surface area contributed by atoms with E-state index in [2.05, 4.69) is 10.3 Å². The molecule has 1 aliphatic heterocycles. The van der Waals surface area contributed by atoms with Crippen LogP contribution in [-0.2, 0) is 9.59 Å². The summed E-state index contributed by atoms with van der Waals surface area (Å²) in [5, 5.41) is 11.2. The number of anilines is 2. The Morgan fingerprint density at radius 1 is 1.58 bits per heavy atom. The highest BCUT2D eigenvalue weighted by Crippen LogP contribution is 2.26. The van der Waals surface area contributed by atoms with Gasteiger partial charge in [0.1, 0.15) is 6.04 Å². The number of aromatic nitrogens is 1. The molecule has 1 unspecified atom stereocenters. The van der Waals surface area contributed by atoms with Crippen LogP contribution in [0.15, 0.2) is 12.3 Å². The van der Waals surface area contributed by atoms with E-state index in [1.807, 2.05) is 0 Å². The van der Waals surface area contributed by atoms with Crippen molar-refractivity contribution >= 4 is 29.3 Å². The number of amides is 2. The average Bonchev–Trinajstić information content (AvgIpc) is 2.34. The van der Waals surface area contributed by atoms with Crippen LogP contribution >= 0.6 is 0 Å². The molecule has 1 saturated heterocycles. The lowest BCUT2D eigenvalue weighted by molar-refractivity contribution is -0.132. The maximum Gasteiger partial charge on any atom is 0.337 e. The molecule has 1 atom stereocenters. The molecule has 0 radical (unpaired) electrons. The molecular formula is C11H12N4O4. The number of piperazine rings is 1. The van der Waals surface area contributed by atoms with Crippen molar-refractivity contribution in [2.75, 3.05) is 17.2 Å². The van der Waals surface area contributed by atoms with Gasteiger partial charge in [0.25, 0.3) is 0 Å². The molecule has 8 nitrogen and oxygen atoms in total. The number of aromatic carboxylic acids is 1. The molecule has 1 aromatic heterocycles. The fraction of sp³-hybridized carbons (Fsp3) is 0.273. The molecular weight excluding hydrogens is 252 g/mol. The first-order chi connectivity index (χ1) is 8.91. The number of nitrogen functional groups attached to an aromatic ring is 1. The number of hydrogen-bond acceptors (Lipinski definition) is 6. The Morgan fingerprint density at radius 3 is 2.89 bits per heavy atom. The van der Waals surface area contributed by atoms with Gasteiger partial charge in [-0.05, 0) is 13.0 Å². The molecule has 0 bridgehead atoms. The molecule has 2 amide bonds. The van der Waals surface area contributed by atoms with Crippen LogP contribution in [0.4, 0.5) is 11.5 Å². The van der Waals surface area contributed by atoms with Crippen molar-refractivity contribution in [3.05, 3.63) is 17.8 Å². The van der Waals surface area contributed by atoms with Crippen LogP contribution in [-0.4, -0.2) is 40.5 Å². The van der Waals surface area contributed by atoms with Crippen molar-refractivity contribution in [3.63, 3.8) is 0 Å². The van der Waals surface area contributed by atoms with E-state index in [-0.39, 0.29) is 23.6 Å². The molecule has 8 heteroatoms. The maximum atomic E-state index is 11.6. The number of carboxylic acid groups (broad SMARTS) is 1. The number of carbonyl (C=O) groups excluding carboxylic acids is 2. The van der Waals surface area contributed by atoms with E-state index in [4.69, 9.17) is 10.8 Å². The van der Waals surface area contributed by atoms with Crippen LogP contribution in [0.5, 0.6) is 0 Å². The van der Waals surface area contributed by atoms with Crippen molar-refractivity contribution in [2.24, 2.45) is 0 Å². The fourth-order valence-corrected chi connectivity index (χ4v) is 1.85. The molecule has 0 aromatic carbocycles. The van der Waals surface area contributed by atoms with Crippen molar-refractivity contribution in [1.82, 2.24) is 10.3 Å². The van der Waals surface area contributed by atoms with Crippen molar-refractivity contribution < 1.29 is 19.5 Å². The van der Waals surface area contributed by atoms with Gasteiger partial charge in [0, 0.05) is 6.20 Å². The van der Waals surface area contributed by atoms with Gasteiger partial charge >= 0.3 is 5.97 Å². The zero-order valence-corrected chi connectivity index (χ0v) is 10.1. The van der Waals surface area contributed by atoms with Gasteiger partial charge in [0.2, 0.25) is 11.8 Å². The molecule has 100 valence electrons.